The van der Waals surface area contributed by atoms with Crippen LogP contribution in [0.25, 0.3) is 6.08 Å². The van der Waals surface area contributed by atoms with Crippen LogP contribution in [0.4, 0.5) is 5.69 Å². The van der Waals surface area contributed by atoms with Crippen molar-refractivity contribution in [1.29, 1.82) is 0 Å². The molecular formula is C27H27BrN2O4S. The van der Waals surface area contributed by atoms with Gasteiger partial charge >= 0.3 is 0 Å². The first-order valence-electron chi connectivity index (χ1n) is 11.2. The summed E-state index contributed by atoms with van der Waals surface area (Å²) in [4.78, 5) is 28.2. The Kier molecular flexibility index (Phi) is 9.39. The fraction of sp³-hybridized carbons (Fsp3) is 0.185. The molecule has 0 saturated carbocycles. The molecule has 0 aromatic heterocycles. The largest absolute Gasteiger partial charge is 0.312 e. The molecule has 0 heterocycles. The van der Waals surface area contributed by atoms with E-state index in [1.54, 1.807) is 48.5 Å². The molecule has 3 rings (SSSR count). The van der Waals surface area contributed by atoms with E-state index in [0.717, 1.165) is 15.4 Å². The SMILES string of the molecule is CCN(C(=O)C(CCc1cccc(Br)c1)C(=O)NS(=O)(=O)/C=C/c1ccccc1)c1ccccc1. The van der Waals surface area contributed by atoms with Crippen LogP contribution in [0.2, 0.25) is 0 Å². The number of anilines is 1. The predicted octanol–water partition coefficient (Wildman–Crippen LogP) is 5.17. The molecule has 182 valence electrons. The standard InChI is InChI=1S/C27H27BrN2O4S/c1-2-30(24-14-7-4-8-15-24)27(32)25(17-16-22-12-9-13-23(28)20-22)26(31)29-35(33,34)19-18-21-10-5-3-6-11-21/h3-15,18-20,25H,2,16-17H2,1H3,(H,29,31)/b19-18+. The quantitative estimate of drug-likeness (QED) is 0.350. The minimum atomic E-state index is -4.10. The Bertz CT molecular complexity index is 1280. The summed E-state index contributed by atoms with van der Waals surface area (Å²) in [5.41, 5.74) is 2.25. The van der Waals surface area contributed by atoms with Crippen molar-refractivity contribution < 1.29 is 18.0 Å². The number of carbonyl (C=O) groups excluding carboxylic acids is 2. The summed E-state index contributed by atoms with van der Waals surface area (Å²) in [5, 5.41) is 0.935. The molecule has 0 saturated heterocycles. The van der Waals surface area contributed by atoms with E-state index in [2.05, 4.69) is 20.7 Å². The van der Waals surface area contributed by atoms with Crippen LogP contribution in [0.1, 0.15) is 24.5 Å². The Morgan fingerprint density at radius 2 is 1.63 bits per heavy atom. The molecule has 0 spiro atoms. The van der Waals surface area contributed by atoms with Crippen molar-refractivity contribution in [3.8, 4) is 0 Å². The summed E-state index contributed by atoms with van der Waals surface area (Å²) >= 11 is 3.43. The third-order valence-electron chi connectivity index (χ3n) is 5.36. The van der Waals surface area contributed by atoms with Crippen LogP contribution in [0.5, 0.6) is 0 Å². The maximum Gasteiger partial charge on any atom is 0.257 e. The maximum atomic E-state index is 13.5. The number of hydrogen-bond acceptors (Lipinski definition) is 4. The molecule has 1 unspecified atom stereocenters. The lowest BCUT2D eigenvalue weighted by atomic mass is 9.97. The number of sulfonamides is 1. The summed E-state index contributed by atoms with van der Waals surface area (Å²) < 4.78 is 28.2. The number of para-hydroxylation sites is 1. The predicted molar refractivity (Wildman–Crippen MR) is 143 cm³/mol. The van der Waals surface area contributed by atoms with Gasteiger partial charge in [-0.25, -0.2) is 13.1 Å². The van der Waals surface area contributed by atoms with Crippen molar-refractivity contribution >= 4 is 49.5 Å². The fourth-order valence-corrected chi connectivity index (χ4v) is 4.88. The summed E-state index contributed by atoms with van der Waals surface area (Å²) in [6.45, 7) is 2.15. The Balaban J connectivity index is 1.83. The van der Waals surface area contributed by atoms with Crippen LogP contribution in [0.15, 0.2) is 94.8 Å². The summed E-state index contributed by atoms with van der Waals surface area (Å²) in [6, 6.07) is 25.5. The highest BCUT2D eigenvalue weighted by Crippen LogP contribution is 2.21. The van der Waals surface area contributed by atoms with Crippen molar-refractivity contribution in [2.75, 3.05) is 11.4 Å². The first-order valence-corrected chi connectivity index (χ1v) is 13.5. The second-order valence-corrected chi connectivity index (χ2v) is 10.3. The molecule has 0 fully saturated rings. The van der Waals surface area contributed by atoms with Gasteiger partial charge < -0.3 is 4.90 Å². The molecule has 0 aliphatic heterocycles. The lowest BCUT2D eigenvalue weighted by molar-refractivity contribution is -0.132. The molecule has 3 aromatic rings. The van der Waals surface area contributed by atoms with Gasteiger partial charge in [-0.15, -0.1) is 0 Å². The molecule has 1 atom stereocenters. The fourth-order valence-electron chi connectivity index (χ4n) is 3.61. The smallest absolute Gasteiger partial charge is 0.257 e. The normalized spacial score (nSPS) is 12.3. The molecular weight excluding hydrogens is 528 g/mol. The van der Waals surface area contributed by atoms with E-state index in [1.807, 2.05) is 43.3 Å². The second-order valence-electron chi connectivity index (χ2n) is 7.86. The van der Waals surface area contributed by atoms with Crippen LogP contribution >= 0.6 is 15.9 Å². The molecule has 0 aliphatic rings. The highest BCUT2D eigenvalue weighted by molar-refractivity contribution is 9.10. The van der Waals surface area contributed by atoms with Gasteiger partial charge in [-0.05, 0) is 61.2 Å². The third-order valence-corrected chi connectivity index (χ3v) is 6.83. The molecule has 0 aliphatic carbocycles. The van der Waals surface area contributed by atoms with E-state index in [1.165, 1.54) is 11.0 Å². The Labute approximate surface area is 214 Å². The molecule has 0 bridgehead atoms. The van der Waals surface area contributed by atoms with Gasteiger partial charge in [-0.2, -0.15) is 0 Å². The van der Waals surface area contributed by atoms with Crippen molar-refractivity contribution in [3.05, 3.63) is 106 Å². The summed E-state index contributed by atoms with van der Waals surface area (Å²) in [7, 11) is -4.10. The Morgan fingerprint density at radius 3 is 2.26 bits per heavy atom. The van der Waals surface area contributed by atoms with Crippen molar-refractivity contribution in [2.24, 2.45) is 5.92 Å². The van der Waals surface area contributed by atoms with E-state index >= 15 is 0 Å². The molecule has 35 heavy (non-hydrogen) atoms. The zero-order valence-electron chi connectivity index (χ0n) is 19.3. The molecule has 8 heteroatoms. The van der Waals surface area contributed by atoms with Gasteiger partial charge in [0.15, 0.2) is 0 Å². The van der Waals surface area contributed by atoms with Crippen molar-refractivity contribution in [2.45, 2.75) is 19.8 Å². The van der Waals surface area contributed by atoms with E-state index < -0.39 is 27.8 Å². The van der Waals surface area contributed by atoms with Gasteiger partial charge in [0.1, 0.15) is 5.92 Å². The molecule has 0 radical (unpaired) electrons. The van der Waals surface area contributed by atoms with Crippen LogP contribution in [0, 0.1) is 5.92 Å². The van der Waals surface area contributed by atoms with Gasteiger partial charge in [0.25, 0.3) is 10.0 Å². The number of benzene rings is 3. The lowest BCUT2D eigenvalue weighted by Crippen LogP contribution is -2.45. The average Bonchev–Trinajstić information content (AvgIpc) is 2.84. The summed E-state index contributed by atoms with van der Waals surface area (Å²) in [6.07, 6.45) is 1.98. The van der Waals surface area contributed by atoms with Crippen LogP contribution in [-0.4, -0.2) is 26.8 Å². The molecule has 6 nitrogen and oxygen atoms in total. The third kappa shape index (κ3) is 7.90. The minimum absolute atomic E-state index is 0.155. The van der Waals surface area contributed by atoms with Gasteiger partial charge in [0.05, 0.1) is 5.41 Å². The van der Waals surface area contributed by atoms with Crippen LogP contribution in [0.3, 0.4) is 0 Å². The number of hydrogen-bond donors (Lipinski definition) is 1. The van der Waals surface area contributed by atoms with Crippen molar-refractivity contribution in [1.82, 2.24) is 4.72 Å². The highest BCUT2D eigenvalue weighted by Gasteiger charge is 2.32. The highest BCUT2D eigenvalue weighted by atomic mass is 79.9. The van der Waals surface area contributed by atoms with Gasteiger partial charge in [0, 0.05) is 16.7 Å². The summed E-state index contributed by atoms with van der Waals surface area (Å²) in [5.74, 6) is -2.49. The lowest BCUT2D eigenvalue weighted by Gasteiger charge is -2.26. The number of nitrogens with zero attached hydrogens (tertiary/aromatic N) is 1. The first-order chi connectivity index (χ1) is 16.8. The van der Waals surface area contributed by atoms with Crippen LogP contribution in [-0.2, 0) is 26.0 Å². The van der Waals surface area contributed by atoms with Crippen molar-refractivity contribution in [3.63, 3.8) is 0 Å². The van der Waals surface area contributed by atoms with E-state index in [4.69, 9.17) is 0 Å². The number of amides is 2. The monoisotopic (exact) mass is 554 g/mol. The molecule has 1 N–H and O–H groups in total. The van der Waals surface area contributed by atoms with Gasteiger partial charge in [-0.1, -0.05) is 76.6 Å². The average molecular weight is 555 g/mol. The number of halogens is 1. The second kappa shape index (κ2) is 12.5. The number of carbonyl (C=O) groups is 2. The molecule has 2 amide bonds. The zero-order valence-corrected chi connectivity index (χ0v) is 21.7. The zero-order chi connectivity index (χ0) is 25.3. The van der Waals surface area contributed by atoms with Gasteiger partial charge in [0.2, 0.25) is 11.8 Å². The van der Waals surface area contributed by atoms with E-state index in [0.29, 0.717) is 24.2 Å². The minimum Gasteiger partial charge on any atom is -0.312 e. The topological polar surface area (TPSA) is 83.6 Å². The number of aryl methyl sites for hydroxylation is 1. The number of rotatable bonds is 10. The number of nitrogens with one attached hydrogen (secondary N) is 1. The van der Waals surface area contributed by atoms with E-state index in [9.17, 15) is 18.0 Å². The van der Waals surface area contributed by atoms with Crippen LogP contribution < -0.4 is 9.62 Å². The van der Waals surface area contributed by atoms with E-state index in [-0.39, 0.29) is 6.42 Å². The maximum absolute atomic E-state index is 13.5. The molecule has 3 aromatic carbocycles. The van der Waals surface area contributed by atoms with Gasteiger partial charge in [-0.3, -0.25) is 9.59 Å². The first kappa shape index (κ1) is 26.4. The Hall–Kier alpha value is -3.23. The Morgan fingerprint density at radius 1 is 0.971 bits per heavy atom.